The molecule has 0 fully saturated rings. The Morgan fingerprint density at radius 2 is 1.00 bits per heavy atom. The molecular formula is H3BO4Zn. The first-order valence-electron chi connectivity index (χ1n) is 0.775. The van der Waals surface area contributed by atoms with Crippen LogP contribution in [-0.2, 0) is 25.0 Å². The molecule has 0 rings (SSSR count). The Kier molecular flexibility index (Phi) is 24.3. The summed E-state index contributed by atoms with van der Waals surface area (Å²) in [6, 6.07) is 0. The summed E-state index contributed by atoms with van der Waals surface area (Å²) in [6.07, 6.45) is 0. The number of hydrogen-bond donors (Lipinski definition) is 3. The fourth-order valence-corrected chi connectivity index (χ4v) is 0. The van der Waals surface area contributed by atoms with Crippen LogP contribution in [0.1, 0.15) is 0 Å². The van der Waals surface area contributed by atoms with Crippen molar-refractivity contribution in [3.05, 3.63) is 0 Å². The van der Waals surface area contributed by atoms with Crippen molar-refractivity contribution in [2.75, 3.05) is 0 Å². The Morgan fingerprint density at radius 3 is 1.00 bits per heavy atom. The van der Waals surface area contributed by atoms with Crippen molar-refractivity contribution in [3.8, 4) is 0 Å². The molecule has 0 aliphatic carbocycles. The molecule has 0 unspecified atom stereocenters. The van der Waals surface area contributed by atoms with Crippen molar-refractivity contribution in [3.63, 3.8) is 0 Å². The topological polar surface area (TPSA) is 89.2 Å². The van der Waals surface area contributed by atoms with Gasteiger partial charge in [0.2, 0.25) is 0 Å². The van der Waals surface area contributed by atoms with Crippen molar-refractivity contribution in [1.82, 2.24) is 0 Å². The number of hydrogen-bond acceptors (Lipinski definition) is 3. The Labute approximate surface area is 48.0 Å². The standard InChI is InChI=1S/BH3O3.O.Zn/c2-1(3)4;;/h2-4H;;/q;-2;+2. The third-order valence-electron chi connectivity index (χ3n) is 0. The largest absolute Gasteiger partial charge is 2.00 e. The molecular weight excluding hydrogens is 140 g/mol. The van der Waals surface area contributed by atoms with Crippen LogP contribution in [-0.4, -0.2) is 22.4 Å². The molecule has 0 heterocycles. The summed E-state index contributed by atoms with van der Waals surface area (Å²) >= 11 is 0. The van der Waals surface area contributed by atoms with Crippen molar-refractivity contribution in [1.29, 1.82) is 0 Å². The minimum atomic E-state index is -2.17. The van der Waals surface area contributed by atoms with Gasteiger partial charge in [-0.15, -0.1) is 0 Å². The first-order chi connectivity index (χ1) is 1.73. The molecule has 0 saturated heterocycles. The molecule has 0 aromatic rings. The molecule has 6 heavy (non-hydrogen) atoms. The van der Waals surface area contributed by atoms with Gasteiger partial charge in [0, 0.05) is 0 Å². The molecule has 0 spiro atoms. The molecule has 4 nitrogen and oxygen atoms in total. The second-order valence-corrected chi connectivity index (χ2v) is 0.346. The summed E-state index contributed by atoms with van der Waals surface area (Å²) in [7, 11) is -2.17. The molecule has 0 aliphatic rings. The van der Waals surface area contributed by atoms with Crippen LogP contribution >= 0.6 is 0 Å². The minimum absolute atomic E-state index is 0. The van der Waals surface area contributed by atoms with Crippen molar-refractivity contribution in [2.45, 2.75) is 0 Å². The normalized spacial score (nSPS) is 4.50. The van der Waals surface area contributed by atoms with Gasteiger partial charge in [0.05, 0.1) is 0 Å². The SMILES string of the molecule is OB(O)O.[O-2].[Zn+2]. The van der Waals surface area contributed by atoms with Crippen LogP contribution in [0.3, 0.4) is 0 Å². The van der Waals surface area contributed by atoms with Crippen LogP contribution < -0.4 is 0 Å². The van der Waals surface area contributed by atoms with Gasteiger partial charge >= 0.3 is 26.8 Å². The molecule has 0 radical (unpaired) electrons. The zero-order chi connectivity index (χ0) is 3.58. The van der Waals surface area contributed by atoms with Crippen molar-refractivity contribution < 1.29 is 40.0 Å². The van der Waals surface area contributed by atoms with Gasteiger partial charge in [0.25, 0.3) is 0 Å². The molecule has 0 aliphatic heterocycles. The fraction of sp³-hybridized carbons (Fsp3) is 0. The average molecular weight is 143 g/mol. The summed E-state index contributed by atoms with van der Waals surface area (Å²) < 4.78 is 0. The molecule has 0 aromatic carbocycles. The molecule has 0 saturated carbocycles. The summed E-state index contributed by atoms with van der Waals surface area (Å²) in [6.45, 7) is 0. The quantitative estimate of drug-likeness (QED) is 0.337. The van der Waals surface area contributed by atoms with Gasteiger partial charge in [0.15, 0.2) is 0 Å². The second-order valence-electron chi connectivity index (χ2n) is 0.346. The van der Waals surface area contributed by atoms with E-state index in [9.17, 15) is 0 Å². The van der Waals surface area contributed by atoms with Gasteiger partial charge in [-0.3, -0.25) is 0 Å². The van der Waals surface area contributed by atoms with Crippen LogP contribution in [0.25, 0.3) is 0 Å². The van der Waals surface area contributed by atoms with E-state index in [1.165, 1.54) is 0 Å². The Morgan fingerprint density at radius 1 is 1.00 bits per heavy atom. The monoisotopic (exact) mass is 142 g/mol. The van der Waals surface area contributed by atoms with Gasteiger partial charge in [-0.2, -0.15) is 0 Å². The Hall–Kier alpha value is 0.528. The van der Waals surface area contributed by atoms with E-state index in [1.807, 2.05) is 0 Å². The van der Waals surface area contributed by atoms with E-state index in [2.05, 4.69) is 0 Å². The van der Waals surface area contributed by atoms with Crippen LogP contribution in [0.5, 0.6) is 0 Å². The zero-order valence-corrected chi connectivity index (χ0v) is 6.00. The predicted molar refractivity (Wildman–Crippen MR) is 13.1 cm³/mol. The molecule has 0 atom stereocenters. The third kappa shape index (κ3) is 202. The maximum atomic E-state index is 7.17. The summed E-state index contributed by atoms with van der Waals surface area (Å²) in [5, 5.41) is 21.5. The Bertz CT molecular complexity index is 12.3. The summed E-state index contributed by atoms with van der Waals surface area (Å²) in [5.74, 6) is 0. The van der Waals surface area contributed by atoms with E-state index >= 15 is 0 Å². The first-order valence-corrected chi connectivity index (χ1v) is 0.775. The van der Waals surface area contributed by atoms with Gasteiger partial charge in [0.1, 0.15) is 0 Å². The van der Waals surface area contributed by atoms with Gasteiger partial charge in [-0.05, 0) is 0 Å². The van der Waals surface area contributed by atoms with E-state index in [4.69, 9.17) is 15.1 Å². The van der Waals surface area contributed by atoms with E-state index in [1.54, 1.807) is 0 Å². The van der Waals surface area contributed by atoms with Crippen LogP contribution in [0.4, 0.5) is 0 Å². The van der Waals surface area contributed by atoms with Crippen molar-refractivity contribution in [2.24, 2.45) is 0 Å². The molecule has 6 heteroatoms. The fourth-order valence-electron chi connectivity index (χ4n) is 0. The van der Waals surface area contributed by atoms with Crippen molar-refractivity contribution >= 4 is 7.32 Å². The van der Waals surface area contributed by atoms with E-state index in [0.29, 0.717) is 0 Å². The molecule has 0 bridgehead atoms. The molecule has 0 amide bonds. The zero-order valence-electron chi connectivity index (χ0n) is 3.03. The third-order valence-corrected chi connectivity index (χ3v) is 0. The molecule has 3 N–H and O–H groups in total. The van der Waals surface area contributed by atoms with E-state index < -0.39 is 7.32 Å². The van der Waals surface area contributed by atoms with Crippen LogP contribution in [0.15, 0.2) is 0 Å². The van der Waals surface area contributed by atoms with E-state index in [-0.39, 0.29) is 25.0 Å². The summed E-state index contributed by atoms with van der Waals surface area (Å²) in [4.78, 5) is 0. The second kappa shape index (κ2) is 9.11. The Balaban J connectivity index is -0.0000000450. The van der Waals surface area contributed by atoms with Gasteiger partial charge in [-0.1, -0.05) is 0 Å². The smallest absolute Gasteiger partial charge is 2.00 e. The summed E-state index contributed by atoms with van der Waals surface area (Å²) in [5.41, 5.74) is 0. The maximum Gasteiger partial charge on any atom is 2.00 e. The van der Waals surface area contributed by atoms with Gasteiger partial charge in [-0.25, -0.2) is 0 Å². The molecule has 32 valence electrons. The molecule has 0 aromatic heterocycles. The van der Waals surface area contributed by atoms with Crippen LogP contribution in [0, 0.1) is 0 Å². The van der Waals surface area contributed by atoms with Gasteiger partial charge < -0.3 is 20.5 Å². The number of rotatable bonds is 0. The minimum Gasteiger partial charge on any atom is -2.00 e. The maximum absolute atomic E-state index is 7.17. The van der Waals surface area contributed by atoms with Crippen LogP contribution in [0.2, 0.25) is 0 Å². The first kappa shape index (κ1) is 16.0. The predicted octanol–water partition coefficient (Wildman–Crippen LogP) is -2.17. The van der Waals surface area contributed by atoms with E-state index in [0.717, 1.165) is 0 Å². The average Bonchev–Trinajstić information content (AvgIpc) is 0.811.